The van der Waals surface area contributed by atoms with Gasteiger partial charge in [-0.1, -0.05) is 13.8 Å². The number of aryl methyl sites for hydroxylation is 1. The molecule has 82 valence electrons. The molecule has 0 aromatic carbocycles. The van der Waals surface area contributed by atoms with Crippen molar-refractivity contribution in [2.75, 3.05) is 0 Å². The minimum absolute atomic E-state index is 0.651. The Kier molecular flexibility index (Phi) is 2.63. The number of nitrogens with zero attached hydrogens (tertiary/aromatic N) is 2. The lowest BCUT2D eigenvalue weighted by atomic mass is 9.85. The predicted octanol–water partition coefficient (Wildman–Crippen LogP) is 2.22. The SMILES string of the molecule is Cc1nc(C=O)c2n1CCC(C(C)C)C2. The van der Waals surface area contributed by atoms with E-state index in [0.29, 0.717) is 17.5 Å². The molecular weight excluding hydrogens is 188 g/mol. The van der Waals surface area contributed by atoms with Gasteiger partial charge >= 0.3 is 0 Å². The second-order valence-electron chi connectivity index (χ2n) is 4.76. The molecule has 0 saturated carbocycles. The van der Waals surface area contributed by atoms with Crippen molar-refractivity contribution in [3.05, 3.63) is 17.2 Å². The molecule has 1 aliphatic rings. The zero-order chi connectivity index (χ0) is 11.0. The number of carbonyl (C=O) groups is 1. The molecule has 0 N–H and O–H groups in total. The van der Waals surface area contributed by atoms with Crippen LogP contribution in [0.25, 0.3) is 0 Å². The molecule has 3 nitrogen and oxygen atoms in total. The van der Waals surface area contributed by atoms with Gasteiger partial charge in [0.25, 0.3) is 0 Å². The zero-order valence-corrected chi connectivity index (χ0v) is 9.66. The molecule has 0 bridgehead atoms. The van der Waals surface area contributed by atoms with Gasteiger partial charge < -0.3 is 4.57 Å². The molecule has 0 amide bonds. The first-order valence-electron chi connectivity index (χ1n) is 5.64. The summed E-state index contributed by atoms with van der Waals surface area (Å²) in [7, 11) is 0. The van der Waals surface area contributed by atoms with E-state index in [1.54, 1.807) is 0 Å². The summed E-state index contributed by atoms with van der Waals surface area (Å²) in [5.74, 6) is 2.37. The van der Waals surface area contributed by atoms with E-state index in [9.17, 15) is 4.79 Å². The minimum atomic E-state index is 0.651. The van der Waals surface area contributed by atoms with Gasteiger partial charge in [-0.2, -0.15) is 0 Å². The van der Waals surface area contributed by atoms with Gasteiger partial charge in [-0.15, -0.1) is 0 Å². The van der Waals surface area contributed by atoms with E-state index < -0.39 is 0 Å². The highest BCUT2D eigenvalue weighted by atomic mass is 16.1. The van der Waals surface area contributed by atoms with Crippen molar-refractivity contribution < 1.29 is 4.79 Å². The Bertz CT molecular complexity index is 379. The van der Waals surface area contributed by atoms with Crippen molar-refractivity contribution in [3.8, 4) is 0 Å². The molecule has 0 saturated heterocycles. The first-order chi connectivity index (χ1) is 7.13. The van der Waals surface area contributed by atoms with Crippen LogP contribution in [0, 0.1) is 18.8 Å². The Balaban J connectivity index is 2.35. The standard InChI is InChI=1S/C12H18N2O/c1-8(2)10-4-5-14-9(3)13-11(7-15)12(14)6-10/h7-8,10H,4-6H2,1-3H3. The fourth-order valence-electron chi connectivity index (χ4n) is 2.45. The molecule has 0 fully saturated rings. The third-order valence-corrected chi connectivity index (χ3v) is 3.53. The highest BCUT2D eigenvalue weighted by Crippen LogP contribution is 2.28. The maximum atomic E-state index is 10.9. The van der Waals surface area contributed by atoms with E-state index in [1.165, 1.54) is 6.42 Å². The molecule has 3 heteroatoms. The lowest BCUT2D eigenvalue weighted by Gasteiger charge is -2.27. The first-order valence-corrected chi connectivity index (χ1v) is 5.64. The van der Waals surface area contributed by atoms with Crippen molar-refractivity contribution in [1.29, 1.82) is 0 Å². The third kappa shape index (κ3) is 1.71. The fourth-order valence-corrected chi connectivity index (χ4v) is 2.45. The van der Waals surface area contributed by atoms with Gasteiger partial charge in [-0.05, 0) is 31.6 Å². The van der Waals surface area contributed by atoms with Crippen LogP contribution in [0.1, 0.15) is 42.3 Å². The lowest BCUT2D eigenvalue weighted by Crippen LogP contribution is -2.23. The minimum Gasteiger partial charge on any atom is -0.332 e. The van der Waals surface area contributed by atoms with E-state index in [2.05, 4.69) is 23.4 Å². The molecule has 1 unspecified atom stereocenters. The quantitative estimate of drug-likeness (QED) is 0.695. The summed E-state index contributed by atoms with van der Waals surface area (Å²) in [6.07, 6.45) is 3.11. The molecule has 1 aromatic heterocycles. The number of carbonyl (C=O) groups excluding carboxylic acids is 1. The number of aromatic nitrogens is 2. The normalized spacial score (nSPS) is 20.4. The Morgan fingerprint density at radius 3 is 2.87 bits per heavy atom. The summed E-state index contributed by atoms with van der Waals surface area (Å²) in [4.78, 5) is 15.2. The molecule has 2 heterocycles. The first kappa shape index (κ1) is 10.4. The van der Waals surface area contributed by atoms with Gasteiger partial charge in [0, 0.05) is 12.2 Å². The number of imidazole rings is 1. The summed E-state index contributed by atoms with van der Waals surface area (Å²) in [5, 5.41) is 0. The molecule has 15 heavy (non-hydrogen) atoms. The van der Waals surface area contributed by atoms with E-state index in [1.807, 2.05) is 6.92 Å². The van der Waals surface area contributed by atoms with Crippen LogP contribution in [-0.2, 0) is 13.0 Å². The second-order valence-corrected chi connectivity index (χ2v) is 4.76. The Morgan fingerprint density at radius 1 is 1.53 bits per heavy atom. The molecular formula is C12H18N2O. The van der Waals surface area contributed by atoms with Crippen LogP contribution in [0.3, 0.4) is 0 Å². The summed E-state index contributed by atoms with van der Waals surface area (Å²) in [5.41, 5.74) is 1.80. The van der Waals surface area contributed by atoms with Crippen LogP contribution in [-0.4, -0.2) is 15.8 Å². The molecule has 0 aliphatic carbocycles. The van der Waals surface area contributed by atoms with Crippen LogP contribution in [0.5, 0.6) is 0 Å². The van der Waals surface area contributed by atoms with Gasteiger partial charge in [0.05, 0.1) is 0 Å². The maximum Gasteiger partial charge on any atom is 0.170 e. The van der Waals surface area contributed by atoms with Crippen molar-refractivity contribution in [2.45, 2.75) is 40.2 Å². The molecule has 0 spiro atoms. The van der Waals surface area contributed by atoms with Crippen LogP contribution in [0.2, 0.25) is 0 Å². The zero-order valence-electron chi connectivity index (χ0n) is 9.66. The van der Waals surface area contributed by atoms with E-state index in [-0.39, 0.29) is 0 Å². The van der Waals surface area contributed by atoms with Gasteiger partial charge in [0.2, 0.25) is 0 Å². The summed E-state index contributed by atoms with van der Waals surface area (Å²) >= 11 is 0. The van der Waals surface area contributed by atoms with Gasteiger partial charge in [-0.25, -0.2) is 4.98 Å². The van der Waals surface area contributed by atoms with Crippen molar-refractivity contribution in [1.82, 2.24) is 9.55 Å². The molecule has 1 atom stereocenters. The van der Waals surface area contributed by atoms with Crippen LogP contribution >= 0.6 is 0 Å². The molecule has 2 rings (SSSR count). The average molecular weight is 206 g/mol. The molecule has 1 aliphatic heterocycles. The third-order valence-electron chi connectivity index (χ3n) is 3.53. The van der Waals surface area contributed by atoms with Crippen molar-refractivity contribution >= 4 is 6.29 Å². The van der Waals surface area contributed by atoms with Crippen LogP contribution in [0.4, 0.5) is 0 Å². The maximum absolute atomic E-state index is 10.9. The van der Waals surface area contributed by atoms with E-state index in [0.717, 1.165) is 30.8 Å². The van der Waals surface area contributed by atoms with Crippen LogP contribution in [0.15, 0.2) is 0 Å². The summed E-state index contributed by atoms with van der Waals surface area (Å²) in [6.45, 7) is 7.51. The Morgan fingerprint density at radius 2 is 2.27 bits per heavy atom. The van der Waals surface area contributed by atoms with E-state index >= 15 is 0 Å². The van der Waals surface area contributed by atoms with E-state index in [4.69, 9.17) is 0 Å². The topological polar surface area (TPSA) is 34.9 Å². The second kappa shape index (κ2) is 3.80. The average Bonchev–Trinajstić information content (AvgIpc) is 2.55. The largest absolute Gasteiger partial charge is 0.332 e. The highest BCUT2D eigenvalue weighted by molar-refractivity contribution is 5.74. The number of rotatable bonds is 2. The number of hydrogen-bond donors (Lipinski definition) is 0. The van der Waals surface area contributed by atoms with Gasteiger partial charge in [0.1, 0.15) is 11.5 Å². The highest BCUT2D eigenvalue weighted by Gasteiger charge is 2.25. The van der Waals surface area contributed by atoms with Crippen molar-refractivity contribution in [3.63, 3.8) is 0 Å². The number of aldehydes is 1. The van der Waals surface area contributed by atoms with Gasteiger partial charge in [0.15, 0.2) is 6.29 Å². The predicted molar refractivity (Wildman–Crippen MR) is 59.0 cm³/mol. The lowest BCUT2D eigenvalue weighted by molar-refractivity contribution is 0.111. The fraction of sp³-hybridized carbons (Fsp3) is 0.667. The molecule has 0 radical (unpaired) electrons. The Hall–Kier alpha value is -1.12. The summed E-state index contributed by atoms with van der Waals surface area (Å²) < 4.78 is 2.20. The molecule has 1 aromatic rings. The summed E-state index contributed by atoms with van der Waals surface area (Å²) in [6, 6.07) is 0. The number of fused-ring (bicyclic) bond motifs is 1. The van der Waals surface area contributed by atoms with Gasteiger partial charge in [-0.3, -0.25) is 4.79 Å². The number of hydrogen-bond acceptors (Lipinski definition) is 2. The van der Waals surface area contributed by atoms with Crippen molar-refractivity contribution in [2.24, 2.45) is 11.8 Å². The monoisotopic (exact) mass is 206 g/mol. The smallest absolute Gasteiger partial charge is 0.170 e. The van der Waals surface area contributed by atoms with Crippen LogP contribution < -0.4 is 0 Å². The Labute approximate surface area is 90.5 Å².